The molecule has 0 spiro atoms. The SMILES string of the molecule is O=S(=O)(Oc1ccc(/C=N\O)cc1Br)c1ccccc1. The fraction of sp³-hybridized carbons (Fsp3) is 0. The molecule has 1 N–H and O–H groups in total. The molecule has 0 saturated carbocycles. The van der Waals surface area contributed by atoms with Gasteiger partial charge in [0.05, 0.1) is 10.7 Å². The Labute approximate surface area is 124 Å². The molecule has 5 nitrogen and oxygen atoms in total. The summed E-state index contributed by atoms with van der Waals surface area (Å²) < 4.78 is 29.6. The molecule has 2 aromatic carbocycles. The molecule has 0 heterocycles. The Bertz CT molecular complexity index is 729. The Morgan fingerprint density at radius 2 is 1.85 bits per heavy atom. The summed E-state index contributed by atoms with van der Waals surface area (Å²) in [7, 11) is -3.87. The molecule has 0 bridgehead atoms. The molecule has 7 heteroatoms. The van der Waals surface area contributed by atoms with E-state index < -0.39 is 10.1 Å². The van der Waals surface area contributed by atoms with Crippen LogP contribution in [0.5, 0.6) is 5.75 Å². The van der Waals surface area contributed by atoms with Gasteiger partial charge in [0.2, 0.25) is 0 Å². The van der Waals surface area contributed by atoms with Gasteiger partial charge in [-0.3, -0.25) is 0 Å². The van der Waals surface area contributed by atoms with Gasteiger partial charge in [-0.15, -0.1) is 0 Å². The van der Waals surface area contributed by atoms with E-state index in [1.165, 1.54) is 24.4 Å². The lowest BCUT2D eigenvalue weighted by atomic mass is 10.2. The molecule has 0 fully saturated rings. The summed E-state index contributed by atoms with van der Waals surface area (Å²) in [6.07, 6.45) is 1.22. The third kappa shape index (κ3) is 3.37. The second kappa shape index (κ2) is 6.06. The topological polar surface area (TPSA) is 76.0 Å². The van der Waals surface area contributed by atoms with Crippen molar-refractivity contribution in [2.24, 2.45) is 5.16 Å². The predicted molar refractivity (Wildman–Crippen MR) is 77.8 cm³/mol. The Balaban J connectivity index is 2.31. The zero-order valence-electron chi connectivity index (χ0n) is 10.1. The standard InChI is InChI=1S/C13H10BrNO4S/c14-12-8-10(9-15-16)6-7-13(12)19-20(17,18)11-4-2-1-3-5-11/h1-9,16H/b15-9-. The summed E-state index contributed by atoms with van der Waals surface area (Å²) in [5.74, 6) is 0.156. The van der Waals surface area contributed by atoms with E-state index in [0.29, 0.717) is 10.0 Å². The van der Waals surface area contributed by atoms with Crippen LogP contribution in [0.25, 0.3) is 0 Å². The van der Waals surface area contributed by atoms with Crippen molar-refractivity contribution in [2.75, 3.05) is 0 Å². The van der Waals surface area contributed by atoms with Crippen molar-refractivity contribution in [1.82, 2.24) is 0 Å². The van der Waals surface area contributed by atoms with Crippen LogP contribution in [0, 0.1) is 0 Å². The molecule has 0 amide bonds. The highest BCUT2D eigenvalue weighted by Gasteiger charge is 2.17. The van der Waals surface area contributed by atoms with E-state index in [0.717, 1.165) is 0 Å². The highest BCUT2D eigenvalue weighted by atomic mass is 79.9. The van der Waals surface area contributed by atoms with Crippen molar-refractivity contribution >= 4 is 32.3 Å². The third-order valence-electron chi connectivity index (χ3n) is 2.39. The number of benzene rings is 2. The number of hydrogen-bond acceptors (Lipinski definition) is 5. The minimum atomic E-state index is -3.87. The molecule has 0 aliphatic heterocycles. The summed E-state index contributed by atoms with van der Waals surface area (Å²) in [5, 5.41) is 11.3. The van der Waals surface area contributed by atoms with Crippen molar-refractivity contribution in [3.8, 4) is 5.75 Å². The Morgan fingerprint density at radius 3 is 2.45 bits per heavy atom. The number of halogens is 1. The predicted octanol–water partition coefficient (Wildman–Crippen LogP) is 3.02. The summed E-state index contributed by atoms with van der Waals surface area (Å²) in [4.78, 5) is 0.0768. The van der Waals surface area contributed by atoms with Crippen molar-refractivity contribution in [1.29, 1.82) is 0 Å². The molecule has 0 atom stereocenters. The first-order chi connectivity index (χ1) is 9.53. The van der Waals surface area contributed by atoms with Crippen LogP contribution < -0.4 is 4.18 Å². The Morgan fingerprint density at radius 1 is 1.15 bits per heavy atom. The van der Waals surface area contributed by atoms with Crippen molar-refractivity contribution in [3.63, 3.8) is 0 Å². The molecule has 0 aliphatic carbocycles. The molecule has 0 saturated heterocycles. The van der Waals surface area contributed by atoms with Crippen LogP contribution >= 0.6 is 15.9 Å². The van der Waals surface area contributed by atoms with Gasteiger partial charge in [0.15, 0.2) is 5.75 Å². The molecule has 0 aliphatic rings. The largest absolute Gasteiger partial charge is 0.411 e. The van der Waals surface area contributed by atoms with Crippen molar-refractivity contribution in [2.45, 2.75) is 4.90 Å². The van der Waals surface area contributed by atoms with Crippen LogP contribution in [0.1, 0.15) is 5.56 Å². The number of hydrogen-bond donors (Lipinski definition) is 1. The lowest BCUT2D eigenvalue weighted by Gasteiger charge is -2.08. The minimum absolute atomic E-state index is 0.0768. The lowest BCUT2D eigenvalue weighted by molar-refractivity contribution is 0.322. The van der Waals surface area contributed by atoms with Gasteiger partial charge >= 0.3 is 10.1 Å². The molecule has 0 unspecified atom stereocenters. The molecular formula is C13H10BrNO4S. The van der Waals surface area contributed by atoms with E-state index in [2.05, 4.69) is 21.1 Å². The van der Waals surface area contributed by atoms with E-state index in [1.807, 2.05) is 0 Å². The van der Waals surface area contributed by atoms with Gasteiger partial charge in [-0.2, -0.15) is 8.42 Å². The molecule has 0 aromatic heterocycles. The molecule has 2 rings (SSSR count). The van der Waals surface area contributed by atoms with E-state index in [1.54, 1.807) is 30.3 Å². The van der Waals surface area contributed by atoms with E-state index in [9.17, 15) is 8.42 Å². The van der Waals surface area contributed by atoms with E-state index in [-0.39, 0.29) is 10.6 Å². The average Bonchev–Trinajstić information content (AvgIpc) is 2.43. The maximum atomic E-state index is 12.1. The van der Waals surface area contributed by atoms with Crippen LogP contribution in [0.2, 0.25) is 0 Å². The van der Waals surface area contributed by atoms with Crippen molar-refractivity contribution < 1.29 is 17.8 Å². The van der Waals surface area contributed by atoms with Gasteiger partial charge < -0.3 is 9.39 Å². The number of rotatable bonds is 4. The average molecular weight is 356 g/mol. The maximum Gasteiger partial charge on any atom is 0.339 e. The maximum absolute atomic E-state index is 12.1. The van der Waals surface area contributed by atoms with Gasteiger partial charge in [0, 0.05) is 0 Å². The summed E-state index contributed by atoms with van der Waals surface area (Å²) >= 11 is 3.21. The fourth-order valence-corrected chi connectivity index (χ4v) is 3.04. The van der Waals surface area contributed by atoms with Crippen LogP contribution in [0.3, 0.4) is 0 Å². The second-order valence-electron chi connectivity index (χ2n) is 3.78. The Hall–Kier alpha value is -1.86. The van der Waals surface area contributed by atoms with Gasteiger partial charge in [0.1, 0.15) is 4.90 Å². The highest BCUT2D eigenvalue weighted by molar-refractivity contribution is 9.10. The summed E-state index contributed by atoms with van der Waals surface area (Å²) in [5.41, 5.74) is 0.601. The van der Waals surface area contributed by atoms with Crippen molar-refractivity contribution in [3.05, 3.63) is 58.6 Å². The van der Waals surface area contributed by atoms with E-state index in [4.69, 9.17) is 9.39 Å². The number of oxime groups is 1. The molecule has 20 heavy (non-hydrogen) atoms. The van der Waals surface area contributed by atoms with Gasteiger partial charge in [-0.05, 0) is 51.8 Å². The smallest absolute Gasteiger partial charge is 0.339 e. The van der Waals surface area contributed by atoms with Gasteiger partial charge in [0.25, 0.3) is 0 Å². The first-order valence-corrected chi connectivity index (χ1v) is 7.69. The molecule has 0 radical (unpaired) electrons. The van der Waals surface area contributed by atoms with Gasteiger partial charge in [-0.1, -0.05) is 23.4 Å². The third-order valence-corrected chi connectivity index (χ3v) is 4.26. The molecule has 104 valence electrons. The number of nitrogens with zero attached hydrogens (tertiary/aromatic N) is 1. The van der Waals surface area contributed by atoms with Crippen LogP contribution in [0.15, 0.2) is 63.1 Å². The summed E-state index contributed by atoms with van der Waals surface area (Å²) in [6.45, 7) is 0. The fourth-order valence-electron chi connectivity index (χ4n) is 1.49. The first kappa shape index (κ1) is 14.5. The van der Waals surface area contributed by atoms with Crippen LogP contribution in [-0.2, 0) is 10.1 Å². The minimum Gasteiger partial charge on any atom is -0.411 e. The quantitative estimate of drug-likeness (QED) is 0.395. The normalized spacial score (nSPS) is 11.7. The molecular weight excluding hydrogens is 346 g/mol. The second-order valence-corrected chi connectivity index (χ2v) is 6.19. The lowest BCUT2D eigenvalue weighted by Crippen LogP contribution is -2.09. The zero-order valence-corrected chi connectivity index (χ0v) is 12.5. The Kier molecular flexibility index (Phi) is 4.41. The van der Waals surface area contributed by atoms with Crippen LogP contribution in [0.4, 0.5) is 0 Å². The zero-order chi connectivity index (χ0) is 14.6. The first-order valence-electron chi connectivity index (χ1n) is 5.49. The van der Waals surface area contributed by atoms with Crippen LogP contribution in [-0.4, -0.2) is 19.8 Å². The highest BCUT2D eigenvalue weighted by Crippen LogP contribution is 2.28. The van der Waals surface area contributed by atoms with Gasteiger partial charge in [-0.25, -0.2) is 0 Å². The monoisotopic (exact) mass is 355 g/mol. The van der Waals surface area contributed by atoms with E-state index >= 15 is 0 Å². The summed E-state index contributed by atoms with van der Waals surface area (Å²) in [6, 6.07) is 12.5. The molecule has 2 aromatic rings.